The molecule has 0 radical (unpaired) electrons. The van der Waals surface area contributed by atoms with E-state index in [9.17, 15) is 0 Å². The molecule has 2 rings (SSSR count). The topological polar surface area (TPSA) is 8.81 Å². The van der Waals surface area contributed by atoms with Gasteiger partial charge in [0.1, 0.15) is 18.1 Å². The van der Waals surface area contributed by atoms with Gasteiger partial charge < -0.3 is 0 Å². The fourth-order valence-corrected chi connectivity index (χ4v) is 5.11. The minimum absolute atomic E-state index is 1.17. The van der Waals surface area contributed by atoms with E-state index in [4.69, 9.17) is 0 Å². The zero-order valence-electron chi connectivity index (χ0n) is 22.8. The van der Waals surface area contributed by atoms with Gasteiger partial charge >= 0.3 is 0 Å². The lowest BCUT2D eigenvalue weighted by atomic mass is 10.0. The molecule has 192 valence electrons. The number of imidazole rings is 1. The van der Waals surface area contributed by atoms with E-state index in [-0.39, 0.29) is 0 Å². The Morgan fingerprint density at radius 3 is 1.56 bits per heavy atom. The van der Waals surface area contributed by atoms with E-state index in [1.165, 1.54) is 146 Å². The van der Waals surface area contributed by atoms with Gasteiger partial charge in [0, 0.05) is 6.42 Å². The number of unbranched alkanes of at least 4 members (excludes halogenated alkanes) is 17. The smallest absolute Gasteiger partial charge is 0.234 e. The maximum atomic E-state index is 2.54. The van der Waals surface area contributed by atoms with Crippen LogP contribution in [0.1, 0.15) is 142 Å². The monoisotopic (exact) mass is 467 g/mol. The summed E-state index contributed by atoms with van der Waals surface area (Å²) in [6.45, 7) is 5.77. The van der Waals surface area contributed by atoms with Gasteiger partial charge in [0.05, 0.1) is 6.54 Å². The van der Waals surface area contributed by atoms with E-state index in [2.05, 4.69) is 65.7 Å². The number of aryl methyl sites for hydroxylation is 1. The van der Waals surface area contributed by atoms with Crippen LogP contribution in [-0.4, -0.2) is 4.57 Å². The zero-order chi connectivity index (χ0) is 24.1. The number of para-hydroxylation sites is 1. The number of benzene rings is 1. The standard InChI is InChI=1S/C32H55N2/c1-3-5-7-9-10-11-12-13-14-15-16-17-19-24-28-33-29-30-34(31-25-21-20-22-26-31)32(33)27-23-18-8-6-4-2/h20-22,25-26,29-30H,3-19,23-24,27-28H2,1-2H3/q+1. The summed E-state index contributed by atoms with van der Waals surface area (Å²) < 4.78 is 4.96. The molecule has 1 heterocycles. The molecule has 0 fully saturated rings. The Bertz CT molecular complexity index is 703. The van der Waals surface area contributed by atoms with Crippen molar-refractivity contribution in [3.05, 3.63) is 48.5 Å². The van der Waals surface area contributed by atoms with Crippen LogP contribution in [0.5, 0.6) is 0 Å². The minimum Gasteiger partial charge on any atom is -0.234 e. The van der Waals surface area contributed by atoms with Gasteiger partial charge in [0.25, 0.3) is 5.82 Å². The molecule has 1 aromatic carbocycles. The Morgan fingerprint density at radius 1 is 0.559 bits per heavy atom. The summed E-state index contributed by atoms with van der Waals surface area (Å²) in [6, 6.07) is 10.9. The first-order valence-corrected chi connectivity index (χ1v) is 15.0. The van der Waals surface area contributed by atoms with Crippen LogP contribution in [0, 0.1) is 0 Å². The molecule has 2 aromatic rings. The second-order valence-electron chi connectivity index (χ2n) is 10.4. The summed E-state index contributed by atoms with van der Waals surface area (Å²) in [7, 11) is 0. The Hall–Kier alpha value is -1.57. The second kappa shape index (κ2) is 19.7. The Morgan fingerprint density at radius 2 is 1.03 bits per heavy atom. The number of aromatic nitrogens is 2. The third kappa shape index (κ3) is 12.2. The average molecular weight is 468 g/mol. The molecule has 0 unspecified atom stereocenters. The first-order valence-electron chi connectivity index (χ1n) is 15.0. The largest absolute Gasteiger partial charge is 0.261 e. The number of nitrogens with zero attached hydrogens (tertiary/aromatic N) is 2. The van der Waals surface area contributed by atoms with Gasteiger partial charge in [-0.2, -0.15) is 4.57 Å². The van der Waals surface area contributed by atoms with Crippen LogP contribution in [0.4, 0.5) is 0 Å². The molecule has 2 heteroatoms. The van der Waals surface area contributed by atoms with Crippen LogP contribution >= 0.6 is 0 Å². The highest BCUT2D eigenvalue weighted by atomic mass is 15.1. The van der Waals surface area contributed by atoms with Crippen molar-refractivity contribution in [1.29, 1.82) is 0 Å². The second-order valence-corrected chi connectivity index (χ2v) is 10.4. The predicted molar refractivity (Wildman–Crippen MR) is 149 cm³/mol. The maximum absolute atomic E-state index is 2.54. The maximum Gasteiger partial charge on any atom is 0.261 e. The molecule has 0 saturated heterocycles. The summed E-state index contributed by atoms with van der Waals surface area (Å²) in [5, 5.41) is 0. The molecule has 0 amide bonds. The van der Waals surface area contributed by atoms with E-state index < -0.39 is 0 Å². The fourth-order valence-electron chi connectivity index (χ4n) is 5.11. The summed E-state index contributed by atoms with van der Waals surface area (Å²) in [6.07, 6.45) is 32.5. The van der Waals surface area contributed by atoms with Crippen LogP contribution in [0.3, 0.4) is 0 Å². The molecular formula is C32H55N2+. The lowest BCUT2D eigenvalue weighted by molar-refractivity contribution is -0.704. The SMILES string of the molecule is CCCCCCCCCCCCCCCC[n+]1ccn(-c2ccccc2)c1CCCCCCC. The molecular weight excluding hydrogens is 412 g/mol. The van der Waals surface area contributed by atoms with E-state index in [0.29, 0.717) is 0 Å². The fraction of sp³-hybridized carbons (Fsp3) is 0.719. The molecule has 0 saturated carbocycles. The van der Waals surface area contributed by atoms with Crippen LogP contribution in [-0.2, 0) is 13.0 Å². The summed E-state index contributed by atoms with van der Waals surface area (Å²) in [5.74, 6) is 1.48. The van der Waals surface area contributed by atoms with Gasteiger partial charge in [-0.3, -0.25) is 0 Å². The van der Waals surface area contributed by atoms with Gasteiger partial charge in [-0.25, -0.2) is 4.57 Å². The van der Waals surface area contributed by atoms with Crippen LogP contribution in [0.25, 0.3) is 5.69 Å². The molecule has 0 bridgehead atoms. The lowest BCUT2D eigenvalue weighted by Gasteiger charge is -2.06. The van der Waals surface area contributed by atoms with E-state index in [1.807, 2.05) is 0 Å². The number of rotatable bonds is 22. The highest BCUT2D eigenvalue weighted by molar-refractivity contribution is 5.31. The first kappa shape index (κ1) is 28.7. The third-order valence-corrected chi connectivity index (χ3v) is 7.30. The molecule has 1 aromatic heterocycles. The van der Waals surface area contributed by atoms with Crippen molar-refractivity contribution >= 4 is 0 Å². The van der Waals surface area contributed by atoms with Crippen molar-refractivity contribution in [3.63, 3.8) is 0 Å². The normalized spacial score (nSPS) is 11.4. The lowest BCUT2D eigenvalue weighted by Crippen LogP contribution is -2.37. The molecule has 0 aliphatic rings. The molecule has 0 atom stereocenters. The molecule has 0 N–H and O–H groups in total. The molecule has 0 aliphatic carbocycles. The van der Waals surface area contributed by atoms with Crippen molar-refractivity contribution in [2.45, 2.75) is 149 Å². The van der Waals surface area contributed by atoms with Crippen molar-refractivity contribution < 1.29 is 4.57 Å². The van der Waals surface area contributed by atoms with Gasteiger partial charge in [0.2, 0.25) is 0 Å². The van der Waals surface area contributed by atoms with E-state index in [1.54, 1.807) is 0 Å². The highest BCUT2D eigenvalue weighted by Crippen LogP contribution is 2.15. The van der Waals surface area contributed by atoms with Crippen LogP contribution in [0.2, 0.25) is 0 Å². The minimum atomic E-state index is 1.17. The quantitative estimate of drug-likeness (QED) is 0.120. The molecule has 2 nitrogen and oxygen atoms in total. The van der Waals surface area contributed by atoms with Gasteiger partial charge in [-0.05, 0) is 31.4 Å². The van der Waals surface area contributed by atoms with Crippen molar-refractivity contribution in [2.75, 3.05) is 0 Å². The highest BCUT2D eigenvalue weighted by Gasteiger charge is 2.18. The van der Waals surface area contributed by atoms with Crippen molar-refractivity contribution in [1.82, 2.24) is 4.57 Å². The summed E-state index contributed by atoms with van der Waals surface area (Å²) >= 11 is 0. The van der Waals surface area contributed by atoms with E-state index in [0.717, 1.165) is 0 Å². The Labute approximate surface area is 212 Å². The van der Waals surface area contributed by atoms with Crippen molar-refractivity contribution in [2.24, 2.45) is 0 Å². The van der Waals surface area contributed by atoms with Crippen LogP contribution in [0.15, 0.2) is 42.7 Å². The summed E-state index contributed by atoms with van der Waals surface area (Å²) in [4.78, 5) is 0. The van der Waals surface area contributed by atoms with Gasteiger partial charge in [-0.1, -0.05) is 135 Å². The summed E-state index contributed by atoms with van der Waals surface area (Å²) in [5.41, 5.74) is 1.30. The molecule has 0 aliphatic heterocycles. The Balaban J connectivity index is 1.62. The third-order valence-electron chi connectivity index (χ3n) is 7.30. The van der Waals surface area contributed by atoms with Crippen molar-refractivity contribution in [3.8, 4) is 5.69 Å². The number of hydrogen-bond acceptors (Lipinski definition) is 0. The first-order chi connectivity index (χ1) is 16.9. The molecule has 0 spiro atoms. The Kier molecular flexibility index (Phi) is 16.6. The average Bonchev–Trinajstić information content (AvgIpc) is 3.27. The van der Waals surface area contributed by atoms with Gasteiger partial charge in [-0.15, -0.1) is 0 Å². The number of hydrogen-bond donors (Lipinski definition) is 0. The molecule has 34 heavy (non-hydrogen) atoms. The van der Waals surface area contributed by atoms with Gasteiger partial charge in [0.15, 0.2) is 0 Å². The predicted octanol–water partition coefficient (Wildman–Crippen LogP) is 9.76. The van der Waals surface area contributed by atoms with Crippen LogP contribution < -0.4 is 4.57 Å². The zero-order valence-corrected chi connectivity index (χ0v) is 22.8. The van der Waals surface area contributed by atoms with E-state index >= 15 is 0 Å².